The van der Waals surface area contributed by atoms with Crippen LogP contribution in [0.2, 0.25) is 0 Å². The van der Waals surface area contributed by atoms with Gasteiger partial charge in [-0.3, -0.25) is 4.98 Å². The lowest BCUT2D eigenvalue weighted by atomic mass is 9.98. The Hall–Kier alpha value is -1.13. The van der Waals surface area contributed by atoms with E-state index in [1.54, 1.807) is 6.20 Å². The molecule has 1 aliphatic rings. The van der Waals surface area contributed by atoms with Crippen LogP contribution >= 0.6 is 0 Å². The van der Waals surface area contributed by atoms with Crippen molar-refractivity contribution in [3.05, 3.63) is 24.0 Å². The molecule has 0 spiro atoms. The summed E-state index contributed by atoms with van der Waals surface area (Å²) in [5.74, 6) is 0. The Labute approximate surface area is 102 Å². The smallest absolute Gasteiger partial charge is 0.0772 e. The van der Waals surface area contributed by atoms with Crippen molar-refractivity contribution < 1.29 is 5.11 Å². The maximum absolute atomic E-state index is 10.1. The standard InChI is InChI=1S/C13H21N3O/c1-13(17)5-3-8-16(9-6-13)12-4-2-7-15-11(12)10-14/h2,4,7,17H,3,5-6,8-10,14H2,1H3. The molecule has 1 aliphatic heterocycles. The highest BCUT2D eigenvalue weighted by atomic mass is 16.3. The van der Waals surface area contributed by atoms with Crippen molar-refractivity contribution in [1.29, 1.82) is 0 Å². The van der Waals surface area contributed by atoms with Crippen LogP contribution in [0.1, 0.15) is 31.9 Å². The average molecular weight is 235 g/mol. The lowest BCUT2D eigenvalue weighted by Gasteiger charge is -2.25. The number of nitrogens with zero attached hydrogens (tertiary/aromatic N) is 2. The van der Waals surface area contributed by atoms with E-state index < -0.39 is 5.60 Å². The molecule has 0 aliphatic carbocycles. The van der Waals surface area contributed by atoms with Crippen molar-refractivity contribution in [1.82, 2.24) is 4.98 Å². The van der Waals surface area contributed by atoms with Gasteiger partial charge in [0.05, 0.1) is 17.0 Å². The van der Waals surface area contributed by atoms with Gasteiger partial charge in [-0.1, -0.05) is 0 Å². The molecule has 2 heterocycles. The van der Waals surface area contributed by atoms with E-state index in [4.69, 9.17) is 5.73 Å². The maximum Gasteiger partial charge on any atom is 0.0772 e. The average Bonchev–Trinajstić information content (AvgIpc) is 2.50. The van der Waals surface area contributed by atoms with E-state index in [2.05, 4.69) is 16.0 Å². The minimum absolute atomic E-state index is 0.461. The summed E-state index contributed by atoms with van der Waals surface area (Å²) < 4.78 is 0. The van der Waals surface area contributed by atoms with Crippen LogP contribution in [0.15, 0.2) is 18.3 Å². The minimum atomic E-state index is -0.528. The molecule has 2 rings (SSSR count). The lowest BCUT2D eigenvalue weighted by Crippen LogP contribution is -2.29. The molecule has 17 heavy (non-hydrogen) atoms. The third-order valence-corrected chi connectivity index (χ3v) is 3.46. The van der Waals surface area contributed by atoms with Crippen LogP contribution in [-0.4, -0.2) is 28.8 Å². The van der Waals surface area contributed by atoms with Gasteiger partial charge in [-0.15, -0.1) is 0 Å². The summed E-state index contributed by atoms with van der Waals surface area (Å²) >= 11 is 0. The van der Waals surface area contributed by atoms with Crippen LogP contribution in [0.3, 0.4) is 0 Å². The molecule has 0 radical (unpaired) electrons. The molecule has 1 fully saturated rings. The molecule has 1 atom stereocenters. The molecule has 0 aromatic carbocycles. The van der Waals surface area contributed by atoms with E-state index in [1.807, 2.05) is 13.0 Å². The van der Waals surface area contributed by atoms with Crippen LogP contribution in [-0.2, 0) is 6.54 Å². The van der Waals surface area contributed by atoms with E-state index in [-0.39, 0.29) is 0 Å². The summed E-state index contributed by atoms with van der Waals surface area (Å²) in [6, 6.07) is 4.01. The second kappa shape index (κ2) is 5.02. The molecule has 1 aromatic rings. The third-order valence-electron chi connectivity index (χ3n) is 3.46. The highest BCUT2D eigenvalue weighted by Gasteiger charge is 2.25. The fourth-order valence-corrected chi connectivity index (χ4v) is 2.38. The van der Waals surface area contributed by atoms with E-state index in [1.165, 1.54) is 0 Å². The van der Waals surface area contributed by atoms with Crippen LogP contribution in [0.25, 0.3) is 0 Å². The van der Waals surface area contributed by atoms with E-state index >= 15 is 0 Å². The number of rotatable bonds is 2. The molecule has 94 valence electrons. The van der Waals surface area contributed by atoms with Gasteiger partial charge in [0.2, 0.25) is 0 Å². The molecule has 3 N–H and O–H groups in total. The first-order chi connectivity index (χ1) is 8.12. The summed E-state index contributed by atoms with van der Waals surface area (Å²) in [4.78, 5) is 6.60. The number of hydrogen-bond donors (Lipinski definition) is 2. The summed E-state index contributed by atoms with van der Waals surface area (Å²) in [5, 5.41) is 10.1. The maximum atomic E-state index is 10.1. The van der Waals surface area contributed by atoms with Gasteiger partial charge in [0.25, 0.3) is 0 Å². The number of aromatic nitrogens is 1. The molecular formula is C13H21N3O. The predicted molar refractivity (Wildman–Crippen MR) is 68.8 cm³/mol. The molecule has 0 bridgehead atoms. The van der Waals surface area contributed by atoms with Gasteiger partial charge >= 0.3 is 0 Å². The van der Waals surface area contributed by atoms with Gasteiger partial charge in [-0.05, 0) is 38.3 Å². The van der Waals surface area contributed by atoms with Crippen LogP contribution in [0, 0.1) is 0 Å². The first-order valence-corrected chi connectivity index (χ1v) is 6.24. The zero-order valence-corrected chi connectivity index (χ0v) is 10.4. The zero-order valence-electron chi connectivity index (χ0n) is 10.4. The molecule has 1 unspecified atom stereocenters. The van der Waals surface area contributed by atoms with Crippen molar-refractivity contribution in [2.75, 3.05) is 18.0 Å². The monoisotopic (exact) mass is 235 g/mol. The van der Waals surface area contributed by atoms with Gasteiger partial charge in [0, 0.05) is 25.8 Å². The number of hydrogen-bond acceptors (Lipinski definition) is 4. The number of nitrogens with two attached hydrogens (primary N) is 1. The highest BCUT2D eigenvalue weighted by molar-refractivity contribution is 5.50. The Balaban J connectivity index is 2.17. The van der Waals surface area contributed by atoms with Gasteiger partial charge in [-0.25, -0.2) is 0 Å². The van der Waals surface area contributed by atoms with Gasteiger partial charge in [0.1, 0.15) is 0 Å². The lowest BCUT2D eigenvalue weighted by molar-refractivity contribution is 0.0481. The Morgan fingerprint density at radius 1 is 1.47 bits per heavy atom. The Bertz CT molecular complexity index is 379. The van der Waals surface area contributed by atoms with Crippen molar-refractivity contribution in [3.8, 4) is 0 Å². The van der Waals surface area contributed by atoms with Crippen LogP contribution in [0.5, 0.6) is 0 Å². The second-order valence-electron chi connectivity index (χ2n) is 5.01. The third kappa shape index (κ3) is 2.96. The topological polar surface area (TPSA) is 62.4 Å². The fraction of sp³-hybridized carbons (Fsp3) is 0.615. The first-order valence-electron chi connectivity index (χ1n) is 6.24. The van der Waals surface area contributed by atoms with Crippen molar-refractivity contribution >= 4 is 5.69 Å². The van der Waals surface area contributed by atoms with E-state index in [9.17, 15) is 5.11 Å². The largest absolute Gasteiger partial charge is 0.390 e. The number of pyridine rings is 1. The predicted octanol–water partition coefficient (Wildman–Crippen LogP) is 1.28. The minimum Gasteiger partial charge on any atom is -0.390 e. The number of aliphatic hydroxyl groups is 1. The molecular weight excluding hydrogens is 214 g/mol. The summed E-state index contributed by atoms with van der Waals surface area (Å²) in [6.45, 7) is 4.22. The van der Waals surface area contributed by atoms with Crippen molar-refractivity contribution in [3.63, 3.8) is 0 Å². The molecule has 1 aromatic heterocycles. The Morgan fingerprint density at radius 2 is 2.29 bits per heavy atom. The second-order valence-corrected chi connectivity index (χ2v) is 5.01. The van der Waals surface area contributed by atoms with Crippen LogP contribution < -0.4 is 10.6 Å². The highest BCUT2D eigenvalue weighted by Crippen LogP contribution is 2.26. The van der Waals surface area contributed by atoms with Gasteiger partial charge in [-0.2, -0.15) is 0 Å². The quantitative estimate of drug-likeness (QED) is 0.810. The molecule has 4 heteroatoms. The summed E-state index contributed by atoms with van der Waals surface area (Å²) in [6.07, 6.45) is 4.44. The Kier molecular flexibility index (Phi) is 3.64. The van der Waals surface area contributed by atoms with Crippen LogP contribution in [0.4, 0.5) is 5.69 Å². The normalized spacial score (nSPS) is 25.7. The molecule has 0 amide bonds. The number of anilines is 1. The van der Waals surface area contributed by atoms with E-state index in [0.29, 0.717) is 6.54 Å². The molecule has 1 saturated heterocycles. The van der Waals surface area contributed by atoms with Crippen molar-refractivity contribution in [2.45, 2.75) is 38.3 Å². The van der Waals surface area contributed by atoms with E-state index in [0.717, 1.165) is 43.7 Å². The van der Waals surface area contributed by atoms with Gasteiger partial charge in [0.15, 0.2) is 0 Å². The molecule has 4 nitrogen and oxygen atoms in total. The van der Waals surface area contributed by atoms with Gasteiger partial charge < -0.3 is 15.7 Å². The molecule has 0 saturated carbocycles. The Morgan fingerprint density at radius 3 is 3.06 bits per heavy atom. The van der Waals surface area contributed by atoms with Crippen molar-refractivity contribution in [2.24, 2.45) is 5.73 Å². The summed E-state index contributed by atoms with van der Waals surface area (Å²) in [5.41, 5.74) is 7.24. The SMILES string of the molecule is CC1(O)CCCN(c2cccnc2CN)CC1. The first kappa shape index (κ1) is 12.3. The fourth-order valence-electron chi connectivity index (χ4n) is 2.38. The summed E-state index contributed by atoms with van der Waals surface area (Å²) in [7, 11) is 0. The zero-order chi connectivity index (χ0) is 12.3.